The molecule has 0 bridgehead atoms. The van der Waals surface area contributed by atoms with E-state index in [9.17, 15) is 0 Å². The molecule has 0 fully saturated rings. The number of nitrogens with one attached hydrogen (secondary N) is 1. The van der Waals surface area contributed by atoms with E-state index in [1.807, 2.05) is 14.1 Å². The van der Waals surface area contributed by atoms with Crippen LogP contribution in [0.5, 0.6) is 0 Å². The van der Waals surface area contributed by atoms with Crippen molar-refractivity contribution in [2.24, 2.45) is 0 Å². The second-order valence-electron chi connectivity index (χ2n) is 5.48. The number of likely N-dealkylation sites (N-methyl/N-ethyl adjacent to an activating group) is 1. The van der Waals surface area contributed by atoms with Crippen LogP contribution < -0.4 is 5.32 Å². The van der Waals surface area contributed by atoms with Crippen molar-refractivity contribution in [3.8, 4) is 11.5 Å². The normalized spacial score (nSPS) is 14.6. The average Bonchev–Trinajstić information content (AvgIpc) is 2.93. The lowest BCUT2D eigenvalue weighted by Gasteiger charge is -2.17. The Hall–Kier alpha value is -1.72. The second-order valence-corrected chi connectivity index (χ2v) is 5.48. The highest BCUT2D eigenvalue weighted by molar-refractivity contribution is 5.56. The molecule has 106 valence electrons. The van der Waals surface area contributed by atoms with Crippen molar-refractivity contribution in [1.29, 1.82) is 0 Å². The Labute approximate surface area is 119 Å². The van der Waals surface area contributed by atoms with Crippen LogP contribution in [-0.4, -0.2) is 42.2 Å². The van der Waals surface area contributed by atoms with Crippen molar-refractivity contribution in [2.75, 3.05) is 27.2 Å². The van der Waals surface area contributed by atoms with E-state index in [0.29, 0.717) is 5.89 Å². The van der Waals surface area contributed by atoms with E-state index >= 15 is 0 Å². The van der Waals surface area contributed by atoms with Crippen molar-refractivity contribution >= 4 is 0 Å². The molecule has 5 nitrogen and oxygen atoms in total. The van der Waals surface area contributed by atoms with Crippen LogP contribution in [0.15, 0.2) is 22.7 Å². The highest BCUT2D eigenvalue weighted by Gasteiger charge is 2.13. The molecule has 5 heteroatoms. The largest absolute Gasteiger partial charge is 0.334 e. The van der Waals surface area contributed by atoms with Crippen molar-refractivity contribution in [2.45, 2.75) is 19.4 Å². The maximum Gasteiger partial charge on any atom is 0.257 e. The average molecular weight is 272 g/mol. The fraction of sp³-hybridized carbons (Fsp3) is 0.467. The van der Waals surface area contributed by atoms with E-state index in [0.717, 1.165) is 43.9 Å². The van der Waals surface area contributed by atoms with Gasteiger partial charge in [0.25, 0.3) is 5.89 Å². The van der Waals surface area contributed by atoms with Crippen LogP contribution in [0.3, 0.4) is 0 Å². The molecular weight excluding hydrogens is 252 g/mol. The van der Waals surface area contributed by atoms with Gasteiger partial charge in [-0.05, 0) is 50.3 Å². The third kappa shape index (κ3) is 2.89. The zero-order valence-electron chi connectivity index (χ0n) is 12.0. The Morgan fingerprint density at radius 3 is 3.05 bits per heavy atom. The van der Waals surface area contributed by atoms with E-state index in [1.165, 1.54) is 11.1 Å². The van der Waals surface area contributed by atoms with Gasteiger partial charge in [0.05, 0.1) is 0 Å². The second kappa shape index (κ2) is 5.73. The van der Waals surface area contributed by atoms with Gasteiger partial charge in [-0.15, -0.1) is 0 Å². The molecule has 1 aliphatic heterocycles. The Kier molecular flexibility index (Phi) is 3.80. The Balaban J connectivity index is 1.79. The van der Waals surface area contributed by atoms with Gasteiger partial charge in [-0.1, -0.05) is 11.2 Å². The Morgan fingerprint density at radius 2 is 2.20 bits per heavy atom. The molecule has 2 heterocycles. The molecule has 0 radical (unpaired) electrons. The number of fused-ring (bicyclic) bond motifs is 1. The summed E-state index contributed by atoms with van der Waals surface area (Å²) in [7, 11) is 4.08. The summed E-state index contributed by atoms with van der Waals surface area (Å²) >= 11 is 0. The minimum Gasteiger partial charge on any atom is -0.334 e. The highest BCUT2D eigenvalue weighted by Crippen LogP contribution is 2.23. The first-order valence-electron chi connectivity index (χ1n) is 7.02. The Morgan fingerprint density at radius 1 is 1.30 bits per heavy atom. The summed E-state index contributed by atoms with van der Waals surface area (Å²) in [6, 6.07) is 6.41. The predicted molar refractivity (Wildman–Crippen MR) is 77.4 cm³/mol. The lowest BCUT2D eigenvalue weighted by Crippen LogP contribution is -2.23. The van der Waals surface area contributed by atoms with E-state index < -0.39 is 0 Å². The zero-order valence-corrected chi connectivity index (χ0v) is 12.0. The van der Waals surface area contributed by atoms with Gasteiger partial charge in [-0.2, -0.15) is 4.98 Å². The lowest BCUT2D eigenvalue weighted by molar-refractivity contribution is 0.392. The Bertz CT molecular complexity index is 591. The molecule has 1 aliphatic rings. The summed E-state index contributed by atoms with van der Waals surface area (Å²) in [6.45, 7) is 2.90. The molecule has 0 saturated carbocycles. The first-order chi connectivity index (χ1) is 9.72. The fourth-order valence-electron chi connectivity index (χ4n) is 2.41. The number of hydrogen-bond acceptors (Lipinski definition) is 5. The standard InChI is InChI=1S/C15H20N4O/c1-19(2)8-6-14-17-15(20-18-14)12-4-3-11-5-7-16-10-13(11)9-12/h3-4,9,16H,5-8,10H2,1-2H3. The van der Waals surface area contributed by atoms with Crippen molar-refractivity contribution < 1.29 is 4.52 Å². The molecule has 0 aliphatic carbocycles. The number of rotatable bonds is 4. The summed E-state index contributed by atoms with van der Waals surface area (Å²) in [6.07, 6.45) is 1.90. The minimum absolute atomic E-state index is 0.618. The van der Waals surface area contributed by atoms with Crippen LogP contribution in [0.25, 0.3) is 11.5 Å². The van der Waals surface area contributed by atoms with Gasteiger partial charge >= 0.3 is 0 Å². The quantitative estimate of drug-likeness (QED) is 0.914. The topological polar surface area (TPSA) is 54.2 Å². The summed E-state index contributed by atoms with van der Waals surface area (Å²) < 4.78 is 5.37. The lowest BCUT2D eigenvalue weighted by atomic mass is 9.98. The van der Waals surface area contributed by atoms with Gasteiger partial charge in [0.2, 0.25) is 0 Å². The van der Waals surface area contributed by atoms with Gasteiger partial charge in [-0.3, -0.25) is 0 Å². The van der Waals surface area contributed by atoms with Crippen LogP contribution >= 0.6 is 0 Å². The maximum absolute atomic E-state index is 5.37. The van der Waals surface area contributed by atoms with Gasteiger partial charge in [0.1, 0.15) is 0 Å². The van der Waals surface area contributed by atoms with Gasteiger partial charge in [0.15, 0.2) is 5.82 Å². The van der Waals surface area contributed by atoms with Gasteiger partial charge < -0.3 is 14.7 Å². The van der Waals surface area contributed by atoms with E-state index in [-0.39, 0.29) is 0 Å². The van der Waals surface area contributed by atoms with E-state index in [2.05, 4.69) is 38.6 Å². The van der Waals surface area contributed by atoms with Gasteiger partial charge in [-0.25, -0.2) is 0 Å². The number of hydrogen-bond donors (Lipinski definition) is 1. The molecule has 0 atom stereocenters. The van der Waals surface area contributed by atoms with Gasteiger partial charge in [0, 0.05) is 25.1 Å². The maximum atomic E-state index is 5.37. The van der Waals surface area contributed by atoms with Crippen LogP contribution in [0.1, 0.15) is 17.0 Å². The number of benzene rings is 1. The first kappa shape index (κ1) is 13.3. The molecule has 2 aromatic rings. The molecule has 3 rings (SSSR count). The third-order valence-corrected chi connectivity index (χ3v) is 3.59. The number of nitrogens with zero attached hydrogens (tertiary/aromatic N) is 3. The van der Waals surface area contributed by atoms with Crippen molar-refractivity contribution in [3.63, 3.8) is 0 Å². The summed E-state index contributed by atoms with van der Waals surface area (Å²) in [4.78, 5) is 6.59. The van der Waals surface area contributed by atoms with Crippen LogP contribution in [0, 0.1) is 0 Å². The SMILES string of the molecule is CN(C)CCc1noc(-c2ccc3c(c2)CNCC3)n1. The predicted octanol–water partition coefficient (Wildman–Crippen LogP) is 1.49. The summed E-state index contributed by atoms with van der Waals surface area (Å²) in [5, 5.41) is 7.43. The monoisotopic (exact) mass is 272 g/mol. The molecule has 20 heavy (non-hydrogen) atoms. The molecule has 1 aromatic heterocycles. The van der Waals surface area contributed by atoms with Crippen molar-refractivity contribution in [1.82, 2.24) is 20.4 Å². The molecule has 0 amide bonds. The van der Waals surface area contributed by atoms with Crippen molar-refractivity contribution in [3.05, 3.63) is 35.2 Å². The highest BCUT2D eigenvalue weighted by atomic mass is 16.5. The van der Waals surface area contributed by atoms with Crippen LogP contribution in [0.2, 0.25) is 0 Å². The third-order valence-electron chi connectivity index (χ3n) is 3.59. The zero-order chi connectivity index (χ0) is 13.9. The summed E-state index contributed by atoms with van der Waals surface area (Å²) in [5.41, 5.74) is 3.76. The molecule has 1 N–H and O–H groups in total. The smallest absolute Gasteiger partial charge is 0.257 e. The molecule has 0 saturated heterocycles. The fourth-order valence-corrected chi connectivity index (χ4v) is 2.41. The number of aromatic nitrogens is 2. The van der Waals surface area contributed by atoms with E-state index in [1.54, 1.807) is 0 Å². The first-order valence-corrected chi connectivity index (χ1v) is 7.02. The minimum atomic E-state index is 0.618. The van der Waals surface area contributed by atoms with E-state index in [4.69, 9.17) is 4.52 Å². The molecule has 0 unspecified atom stereocenters. The summed E-state index contributed by atoms with van der Waals surface area (Å²) in [5.74, 6) is 1.39. The van der Waals surface area contributed by atoms with Crippen LogP contribution in [-0.2, 0) is 19.4 Å². The molecular formula is C15H20N4O. The molecule has 1 aromatic carbocycles. The van der Waals surface area contributed by atoms with Crippen LogP contribution in [0.4, 0.5) is 0 Å². The molecule has 0 spiro atoms.